The molecule has 0 bridgehead atoms. The molecule has 4 nitrogen and oxygen atoms in total. The van der Waals surface area contributed by atoms with Crippen LogP contribution in [0.5, 0.6) is 5.75 Å². The molecule has 20 heavy (non-hydrogen) atoms. The Morgan fingerprint density at radius 1 is 1.50 bits per heavy atom. The largest absolute Gasteiger partial charge is 0.494 e. The van der Waals surface area contributed by atoms with Crippen LogP contribution in [0.4, 0.5) is 4.39 Å². The van der Waals surface area contributed by atoms with E-state index in [1.807, 2.05) is 13.8 Å². The van der Waals surface area contributed by atoms with E-state index in [1.165, 1.54) is 31.4 Å². The fourth-order valence-corrected chi connectivity index (χ4v) is 1.68. The predicted molar refractivity (Wildman–Crippen MR) is 75.9 cm³/mol. The molecule has 0 aromatic heterocycles. The number of nitrogens with one attached hydrogen (secondary N) is 1. The number of ether oxygens (including phenoxy) is 1. The van der Waals surface area contributed by atoms with E-state index in [1.54, 1.807) is 6.07 Å². The van der Waals surface area contributed by atoms with Gasteiger partial charge in [0.15, 0.2) is 11.6 Å². The summed E-state index contributed by atoms with van der Waals surface area (Å²) in [5.74, 6) is -0.606. The van der Waals surface area contributed by atoms with Crippen molar-refractivity contribution in [3.8, 4) is 5.75 Å². The van der Waals surface area contributed by atoms with E-state index in [9.17, 15) is 9.18 Å². The molecule has 1 amide bonds. The minimum absolute atomic E-state index is 0.000680. The van der Waals surface area contributed by atoms with Gasteiger partial charge in [0, 0.05) is 18.2 Å². The zero-order valence-electron chi connectivity index (χ0n) is 11.9. The first-order valence-electron chi connectivity index (χ1n) is 6.32. The minimum atomic E-state index is -0.485. The molecule has 110 valence electrons. The summed E-state index contributed by atoms with van der Waals surface area (Å²) in [6, 6.07) is 4.45. The topological polar surface area (TPSA) is 58.6 Å². The minimum Gasteiger partial charge on any atom is -0.494 e. The van der Waals surface area contributed by atoms with Gasteiger partial charge in [0.25, 0.3) is 0 Å². The number of hydrogen-bond acceptors (Lipinski definition) is 3. The molecule has 0 spiro atoms. The van der Waals surface area contributed by atoms with E-state index in [0.29, 0.717) is 12.0 Å². The second kappa shape index (κ2) is 7.05. The van der Waals surface area contributed by atoms with Gasteiger partial charge in [-0.3, -0.25) is 4.79 Å². The normalized spacial score (nSPS) is 11.7. The number of carbonyl (C=O) groups excluding carboxylic acids is 1. The third kappa shape index (κ3) is 5.01. The molecule has 0 fully saturated rings. The molecule has 1 aromatic rings. The fraction of sp³-hybridized carbons (Fsp3) is 0.400. The number of hydrogen-bond donors (Lipinski definition) is 2. The Balaban J connectivity index is 2.68. The summed E-state index contributed by atoms with van der Waals surface area (Å²) in [5.41, 5.74) is 0.0832. The molecule has 0 saturated carbocycles. The van der Waals surface area contributed by atoms with Crippen LogP contribution in [0.15, 0.2) is 24.3 Å². The van der Waals surface area contributed by atoms with E-state index >= 15 is 0 Å². The summed E-state index contributed by atoms with van der Waals surface area (Å²) >= 11 is 0. The van der Waals surface area contributed by atoms with Crippen LogP contribution in [0.3, 0.4) is 0 Å². The molecule has 0 aliphatic rings. The number of methoxy groups -OCH3 is 1. The zero-order valence-corrected chi connectivity index (χ0v) is 11.9. The maximum absolute atomic E-state index is 13.5. The summed E-state index contributed by atoms with van der Waals surface area (Å²) in [5, 5.41) is 11.6. The Bertz CT molecular complexity index is 498. The van der Waals surface area contributed by atoms with E-state index in [2.05, 4.69) is 5.32 Å². The van der Waals surface area contributed by atoms with Gasteiger partial charge in [-0.05, 0) is 44.0 Å². The van der Waals surface area contributed by atoms with Crippen molar-refractivity contribution in [1.82, 2.24) is 5.32 Å². The second-order valence-electron chi connectivity index (χ2n) is 5.07. The highest BCUT2D eigenvalue weighted by Crippen LogP contribution is 2.18. The van der Waals surface area contributed by atoms with Crippen molar-refractivity contribution in [1.29, 1.82) is 0 Å². The summed E-state index contributed by atoms with van der Waals surface area (Å²) in [6.07, 6.45) is 3.32. The Morgan fingerprint density at radius 3 is 2.75 bits per heavy atom. The van der Waals surface area contributed by atoms with Crippen molar-refractivity contribution in [3.05, 3.63) is 35.7 Å². The highest BCUT2D eigenvalue weighted by molar-refractivity contribution is 5.92. The number of aliphatic hydroxyl groups excluding tert-OH is 1. The number of carbonyl (C=O) groups is 1. The van der Waals surface area contributed by atoms with Gasteiger partial charge in [-0.15, -0.1) is 0 Å². The highest BCUT2D eigenvalue weighted by Gasteiger charge is 2.18. The molecule has 2 N–H and O–H groups in total. The molecule has 1 aromatic carbocycles. The van der Waals surface area contributed by atoms with Crippen LogP contribution in [0.2, 0.25) is 0 Å². The van der Waals surface area contributed by atoms with Crippen LogP contribution >= 0.6 is 0 Å². The lowest BCUT2D eigenvalue weighted by atomic mass is 10.0. The van der Waals surface area contributed by atoms with Crippen LogP contribution in [0.1, 0.15) is 25.8 Å². The van der Waals surface area contributed by atoms with Gasteiger partial charge in [-0.1, -0.05) is 6.07 Å². The fourth-order valence-electron chi connectivity index (χ4n) is 1.68. The van der Waals surface area contributed by atoms with Gasteiger partial charge < -0.3 is 15.2 Å². The van der Waals surface area contributed by atoms with E-state index in [0.717, 1.165) is 0 Å². The molecule has 1 rings (SSSR count). The zero-order chi connectivity index (χ0) is 15.2. The number of halogens is 1. The van der Waals surface area contributed by atoms with Gasteiger partial charge in [0.2, 0.25) is 5.91 Å². The summed E-state index contributed by atoms with van der Waals surface area (Å²) in [4.78, 5) is 11.7. The molecular weight excluding hydrogens is 261 g/mol. The maximum Gasteiger partial charge on any atom is 0.244 e. The first-order valence-corrected chi connectivity index (χ1v) is 6.32. The maximum atomic E-state index is 13.5. The van der Waals surface area contributed by atoms with Crippen molar-refractivity contribution in [2.45, 2.75) is 25.8 Å². The smallest absolute Gasteiger partial charge is 0.244 e. The van der Waals surface area contributed by atoms with Crippen LogP contribution in [0.25, 0.3) is 6.08 Å². The third-order valence-electron chi connectivity index (χ3n) is 2.80. The summed E-state index contributed by atoms with van der Waals surface area (Å²) in [6.45, 7) is 3.64. The van der Waals surface area contributed by atoms with Gasteiger partial charge in [-0.2, -0.15) is 0 Å². The summed E-state index contributed by atoms with van der Waals surface area (Å²) in [7, 11) is 1.39. The van der Waals surface area contributed by atoms with Gasteiger partial charge in [0.05, 0.1) is 7.11 Å². The Morgan fingerprint density at radius 2 is 2.20 bits per heavy atom. The van der Waals surface area contributed by atoms with Crippen LogP contribution in [-0.2, 0) is 4.79 Å². The van der Waals surface area contributed by atoms with Crippen molar-refractivity contribution in [2.24, 2.45) is 0 Å². The van der Waals surface area contributed by atoms with Gasteiger partial charge in [0.1, 0.15) is 0 Å². The Labute approximate surface area is 118 Å². The lowest BCUT2D eigenvalue weighted by Crippen LogP contribution is -2.43. The molecule has 0 aliphatic carbocycles. The SMILES string of the molecule is COc1ccc(/C=C/C(=O)NC(C)(C)CCO)cc1F. The quantitative estimate of drug-likeness (QED) is 0.785. The summed E-state index contributed by atoms with van der Waals surface area (Å²) < 4.78 is 18.3. The Kier molecular flexibility index (Phi) is 5.70. The van der Waals surface area contributed by atoms with Crippen LogP contribution in [-0.4, -0.2) is 30.3 Å². The lowest BCUT2D eigenvalue weighted by molar-refractivity contribution is -0.118. The molecule has 0 aliphatic heterocycles. The molecule has 0 heterocycles. The van der Waals surface area contributed by atoms with Gasteiger partial charge >= 0.3 is 0 Å². The second-order valence-corrected chi connectivity index (χ2v) is 5.07. The Hall–Kier alpha value is -1.88. The average molecular weight is 281 g/mol. The number of aliphatic hydroxyl groups is 1. The van der Waals surface area contributed by atoms with E-state index in [4.69, 9.17) is 9.84 Å². The average Bonchev–Trinajstić information content (AvgIpc) is 2.35. The van der Waals surface area contributed by atoms with Crippen molar-refractivity contribution >= 4 is 12.0 Å². The number of rotatable bonds is 6. The molecule has 0 unspecified atom stereocenters. The van der Waals surface area contributed by atoms with Crippen LogP contribution in [0, 0.1) is 5.82 Å². The lowest BCUT2D eigenvalue weighted by Gasteiger charge is -2.24. The van der Waals surface area contributed by atoms with Gasteiger partial charge in [-0.25, -0.2) is 4.39 Å². The monoisotopic (exact) mass is 281 g/mol. The van der Waals surface area contributed by atoms with E-state index in [-0.39, 0.29) is 18.3 Å². The first kappa shape index (κ1) is 16.2. The predicted octanol–water partition coefficient (Wildman–Crippen LogP) is 2.12. The number of amides is 1. The van der Waals surface area contributed by atoms with Crippen LogP contribution < -0.4 is 10.1 Å². The van der Waals surface area contributed by atoms with Crippen molar-refractivity contribution in [2.75, 3.05) is 13.7 Å². The first-order chi connectivity index (χ1) is 9.38. The van der Waals surface area contributed by atoms with Crippen molar-refractivity contribution in [3.63, 3.8) is 0 Å². The highest BCUT2D eigenvalue weighted by atomic mass is 19.1. The molecule has 0 radical (unpaired) electrons. The third-order valence-corrected chi connectivity index (χ3v) is 2.80. The molecule has 0 atom stereocenters. The van der Waals surface area contributed by atoms with Crippen molar-refractivity contribution < 1.29 is 19.0 Å². The standard InChI is InChI=1S/C15H20FNO3/c1-15(2,8-9-18)17-14(19)7-5-11-4-6-13(20-3)12(16)10-11/h4-7,10,18H,8-9H2,1-3H3,(H,17,19)/b7-5+. The van der Waals surface area contributed by atoms with E-state index < -0.39 is 11.4 Å². The molecule has 5 heteroatoms. The molecular formula is C15H20FNO3. The number of benzene rings is 1. The molecule has 0 saturated heterocycles.